The van der Waals surface area contributed by atoms with Crippen molar-refractivity contribution in [3.05, 3.63) is 69.4 Å². The van der Waals surface area contributed by atoms with Gasteiger partial charge in [-0.1, -0.05) is 19.1 Å². The Balaban J connectivity index is 2.25. The fraction of sp³-hybridized carbons (Fsp3) is 0.250. The highest BCUT2D eigenvalue weighted by atomic mass is 79.9. The minimum absolute atomic E-state index is 0.100. The Hall–Kier alpha value is -1.33. The first kappa shape index (κ1) is 16.0. The Labute approximate surface area is 130 Å². The fourth-order valence-corrected chi connectivity index (χ4v) is 2.58. The molecule has 0 saturated heterocycles. The highest BCUT2D eigenvalue weighted by molar-refractivity contribution is 9.10. The van der Waals surface area contributed by atoms with Crippen molar-refractivity contribution in [1.29, 1.82) is 0 Å². The van der Waals surface area contributed by atoms with Crippen LogP contribution in [0.25, 0.3) is 0 Å². The molecule has 2 aromatic rings. The van der Waals surface area contributed by atoms with E-state index in [9.17, 15) is 13.2 Å². The monoisotopic (exact) mass is 357 g/mol. The van der Waals surface area contributed by atoms with Crippen molar-refractivity contribution in [3.63, 3.8) is 0 Å². The summed E-state index contributed by atoms with van der Waals surface area (Å²) in [6, 6.07) is 8.54. The highest BCUT2D eigenvalue weighted by Gasteiger charge is 2.14. The van der Waals surface area contributed by atoms with Crippen LogP contribution in [0.1, 0.15) is 24.1 Å². The number of halogens is 4. The van der Waals surface area contributed by atoms with Crippen LogP contribution < -0.4 is 5.32 Å². The third-order valence-corrected chi connectivity index (χ3v) is 3.83. The van der Waals surface area contributed by atoms with Gasteiger partial charge in [0.1, 0.15) is 5.82 Å². The van der Waals surface area contributed by atoms with Crippen molar-refractivity contribution in [1.82, 2.24) is 5.32 Å². The highest BCUT2D eigenvalue weighted by Crippen LogP contribution is 2.24. The Morgan fingerprint density at radius 2 is 1.71 bits per heavy atom. The van der Waals surface area contributed by atoms with Crippen LogP contribution in [0.4, 0.5) is 13.2 Å². The Bertz CT molecular complexity index is 631. The lowest BCUT2D eigenvalue weighted by Crippen LogP contribution is -2.23. The predicted molar refractivity (Wildman–Crippen MR) is 80.6 cm³/mol. The molecule has 0 aliphatic rings. The minimum atomic E-state index is -0.858. The topological polar surface area (TPSA) is 12.0 Å². The van der Waals surface area contributed by atoms with Gasteiger partial charge >= 0.3 is 0 Å². The zero-order valence-corrected chi connectivity index (χ0v) is 13.1. The second-order valence-electron chi connectivity index (χ2n) is 4.74. The van der Waals surface area contributed by atoms with E-state index in [1.807, 2.05) is 6.92 Å². The number of nitrogens with one attached hydrogen (secondary N) is 1. The van der Waals surface area contributed by atoms with Gasteiger partial charge in [0.2, 0.25) is 0 Å². The summed E-state index contributed by atoms with van der Waals surface area (Å²) in [6.45, 7) is 2.67. The number of rotatable bonds is 5. The largest absolute Gasteiger partial charge is 0.310 e. The van der Waals surface area contributed by atoms with Crippen LogP contribution in [-0.4, -0.2) is 6.54 Å². The van der Waals surface area contributed by atoms with Gasteiger partial charge in [0.05, 0.1) is 4.47 Å². The van der Waals surface area contributed by atoms with Crippen LogP contribution in [-0.2, 0) is 6.42 Å². The van der Waals surface area contributed by atoms with E-state index in [1.54, 1.807) is 18.2 Å². The van der Waals surface area contributed by atoms with Crippen LogP contribution in [0.2, 0.25) is 0 Å². The quantitative estimate of drug-likeness (QED) is 0.813. The van der Waals surface area contributed by atoms with E-state index in [0.29, 0.717) is 23.0 Å². The zero-order chi connectivity index (χ0) is 15.4. The molecule has 0 fully saturated rings. The number of likely N-dealkylation sites (N-methyl/N-ethyl adjacent to an activating group) is 1. The first-order valence-electron chi connectivity index (χ1n) is 6.63. The van der Waals surface area contributed by atoms with Crippen molar-refractivity contribution in [2.24, 2.45) is 0 Å². The first-order chi connectivity index (χ1) is 10.0. The lowest BCUT2D eigenvalue weighted by atomic mass is 9.98. The number of benzene rings is 2. The second kappa shape index (κ2) is 7.09. The Morgan fingerprint density at radius 1 is 1.00 bits per heavy atom. The molecule has 0 aromatic heterocycles. The molecule has 0 aliphatic heterocycles. The lowest BCUT2D eigenvalue weighted by Gasteiger charge is -2.19. The summed E-state index contributed by atoms with van der Waals surface area (Å²) < 4.78 is 39.9. The maximum absolute atomic E-state index is 13.3. The third-order valence-electron chi connectivity index (χ3n) is 3.22. The number of hydrogen-bond acceptors (Lipinski definition) is 1. The molecule has 0 bridgehead atoms. The minimum Gasteiger partial charge on any atom is -0.310 e. The summed E-state index contributed by atoms with van der Waals surface area (Å²) in [6.07, 6.45) is 0.489. The average molecular weight is 358 g/mol. The molecule has 0 spiro atoms. The standard InChI is InChI=1S/C16H15BrF3N/c1-2-21-16(11-4-6-13(18)12(17)9-11)8-10-3-5-14(19)15(20)7-10/h3-7,9,16,21H,2,8H2,1H3. The molecular formula is C16H15BrF3N. The van der Waals surface area contributed by atoms with Crippen LogP contribution in [0, 0.1) is 17.5 Å². The summed E-state index contributed by atoms with van der Waals surface area (Å²) >= 11 is 3.16. The van der Waals surface area contributed by atoms with Crippen molar-refractivity contribution in [2.45, 2.75) is 19.4 Å². The van der Waals surface area contributed by atoms with Gasteiger partial charge in [-0.25, -0.2) is 13.2 Å². The predicted octanol–water partition coefficient (Wildman–Crippen LogP) is 4.76. The molecule has 0 radical (unpaired) electrons. The zero-order valence-electron chi connectivity index (χ0n) is 11.5. The summed E-state index contributed by atoms with van der Waals surface area (Å²) in [5.74, 6) is -2.05. The third kappa shape index (κ3) is 4.08. The molecule has 1 nitrogen and oxygen atoms in total. The number of hydrogen-bond donors (Lipinski definition) is 1. The molecule has 0 heterocycles. The Morgan fingerprint density at radius 3 is 2.33 bits per heavy atom. The lowest BCUT2D eigenvalue weighted by molar-refractivity contribution is 0.502. The van der Waals surface area contributed by atoms with Crippen LogP contribution >= 0.6 is 15.9 Å². The van der Waals surface area contributed by atoms with E-state index in [0.717, 1.165) is 11.6 Å². The SMILES string of the molecule is CCNC(Cc1ccc(F)c(F)c1)c1ccc(F)c(Br)c1. The summed E-state index contributed by atoms with van der Waals surface area (Å²) in [5, 5.41) is 3.27. The van der Waals surface area contributed by atoms with E-state index in [-0.39, 0.29) is 11.9 Å². The van der Waals surface area contributed by atoms with Crippen LogP contribution in [0.15, 0.2) is 40.9 Å². The van der Waals surface area contributed by atoms with Gasteiger partial charge in [-0.15, -0.1) is 0 Å². The molecule has 112 valence electrons. The molecule has 0 saturated carbocycles. The maximum Gasteiger partial charge on any atom is 0.159 e. The average Bonchev–Trinajstić information content (AvgIpc) is 2.45. The molecule has 0 aliphatic carbocycles. The molecule has 5 heteroatoms. The van der Waals surface area contributed by atoms with Crippen molar-refractivity contribution >= 4 is 15.9 Å². The van der Waals surface area contributed by atoms with Crippen molar-refractivity contribution in [2.75, 3.05) is 6.54 Å². The maximum atomic E-state index is 13.3. The molecule has 1 unspecified atom stereocenters. The molecule has 21 heavy (non-hydrogen) atoms. The summed E-state index contributed by atoms with van der Waals surface area (Å²) in [7, 11) is 0. The van der Waals surface area contributed by atoms with Gasteiger partial charge in [-0.05, 0) is 64.3 Å². The van der Waals surface area contributed by atoms with Gasteiger partial charge < -0.3 is 5.32 Å². The van der Waals surface area contributed by atoms with Crippen molar-refractivity contribution < 1.29 is 13.2 Å². The van der Waals surface area contributed by atoms with E-state index in [1.165, 1.54) is 12.1 Å². The van der Waals surface area contributed by atoms with Gasteiger partial charge in [0, 0.05) is 6.04 Å². The first-order valence-corrected chi connectivity index (χ1v) is 7.42. The van der Waals surface area contributed by atoms with E-state index in [2.05, 4.69) is 21.2 Å². The van der Waals surface area contributed by atoms with E-state index >= 15 is 0 Å². The van der Waals surface area contributed by atoms with Gasteiger partial charge in [-0.2, -0.15) is 0 Å². The summed E-state index contributed by atoms with van der Waals surface area (Å²) in [5.41, 5.74) is 1.56. The molecule has 1 atom stereocenters. The smallest absolute Gasteiger partial charge is 0.159 e. The van der Waals surface area contributed by atoms with Crippen molar-refractivity contribution in [3.8, 4) is 0 Å². The Kier molecular flexibility index (Phi) is 5.42. The molecule has 0 amide bonds. The van der Waals surface area contributed by atoms with Crippen LogP contribution in [0.3, 0.4) is 0 Å². The molecule has 2 aromatic carbocycles. The molecule has 1 N–H and O–H groups in total. The summed E-state index contributed by atoms with van der Waals surface area (Å²) in [4.78, 5) is 0. The molecular weight excluding hydrogens is 343 g/mol. The fourth-order valence-electron chi connectivity index (χ4n) is 2.19. The van der Waals surface area contributed by atoms with E-state index in [4.69, 9.17) is 0 Å². The van der Waals surface area contributed by atoms with Gasteiger partial charge in [0.25, 0.3) is 0 Å². The normalized spacial score (nSPS) is 12.4. The second-order valence-corrected chi connectivity index (χ2v) is 5.59. The van der Waals surface area contributed by atoms with E-state index < -0.39 is 11.6 Å². The van der Waals surface area contributed by atoms with Crippen LogP contribution in [0.5, 0.6) is 0 Å². The van der Waals surface area contributed by atoms with Gasteiger partial charge in [0.15, 0.2) is 11.6 Å². The molecule has 2 rings (SSSR count). The van der Waals surface area contributed by atoms with Gasteiger partial charge in [-0.3, -0.25) is 0 Å².